The molecule has 7 heteroatoms. The first-order valence-electron chi connectivity index (χ1n) is 12.4. The molecule has 1 atom stereocenters. The smallest absolute Gasteiger partial charge is 0.231 e. The lowest BCUT2D eigenvalue weighted by molar-refractivity contribution is 0.160. The maximum absolute atomic E-state index is 10.1. The maximum atomic E-state index is 10.1. The number of phenolic OH excluding ortho intramolecular Hbond substituents is 1. The predicted octanol–water partition coefficient (Wildman–Crippen LogP) is 5.53. The molecule has 7 nitrogen and oxygen atoms in total. The van der Waals surface area contributed by atoms with E-state index in [2.05, 4.69) is 23.2 Å². The average molecular weight is 476 g/mol. The summed E-state index contributed by atoms with van der Waals surface area (Å²) in [6.07, 6.45) is 4.99. The number of aromatic nitrogens is 1. The Morgan fingerprint density at radius 1 is 1.11 bits per heavy atom. The summed E-state index contributed by atoms with van der Waals surface area (Å²) in [5.74, 6) is 2.81. The minimum atomic E-state index is 0.101. The van der Waals surface area contributed by atoms with Gasteiger partial charge in [-0.15, -0.1) is 0 Å². The molecule has 0 amide bonds. The Balaban J connectivity index is 1.42. The van der Waals surface area contributed by atoms with Crippen molar-refractivity contribution >= 4 is 5.82 Å². The lowest BCUT2D eigenvalue weighted by Gasteiger charge is -2.33. The van der Waals surface area contributed by atoms with Crippen molar-refractivity contribution in [3.63, 3.8) is 0 Å². The number of pyridine rings is 1. The molecule has 2 aliphatic rings. The number of nitrogens with zero attached hydrogens (tertiary/aromatic N) is 2. The van der Waals surface area contributed by atoms with Gasteiger partial charge in [-0.1, -0.05) is 18.6 Å². The summed E-state index contributed by atoms with van der Waals surface area (Å²) in [5.41, 5.74) is 3.58. The van der Waals surface area contributed by atoms with E-state index in [4.69, 9.17) is 19.2 Å². The van der Waals surface area contributed by atoms with Crippen LogP contribution in [0.2, 0.25) is 0 Å². The molecule has 1 fully saturated rings. The van der Waals surface area contributed by atoms with Crippen LogP contribution in [0, 0.1) is 0 Å². The molecule has 35 heavy (non-hydrogen) atoms. The topological polar surface area (TPSA) is 76.1 Å². The fourth-order valence-corrected chi connectivity index (χ4v) is 4.91. The van der Waals surface area contributed by atoms with Gasteiger partial charge in [0.15, 0.2) is 23.0 Å². The highest BCUT2D eigenvalue weighted by molar-refractivity contribution is 5.80. The Morgan fingerprint density at radius 2 is 2.03 bits per heavy atom. The number of fused-ring (bicyclic) bond motifs is 1. The number of benzene rings is 2. The van der Waals surface area contributed by atoms with Gasteiger partial charge in [0.2, 0.25) is 6.79 Å². The summed E-state index contributed by atoms with van der Waals surface area (Å²) in [6, 6.07) is 16.0. The van der Waals surface area contributed by atoms with E-state index in [0.29, 0.717) is 11.8 Å². The van der Waals surface area contributed by atoms with Gasteiger partial charge in [0.25, 0.3) is 0 Å². The van der Waals surface area contributed by atoms with E-state index in [9.17, 15) is 5.11 Å². The standard InChI is InChI=1S/C28H33N3O4/c1-19-7-3-4-13-31(19)14-6-12-29-27-17-21(22-8-5-9-25-28(22)35-18-34-25)15-23(30-27)20-10-11-24(32)26(16-20)33-2/h5,8-11,15-17,19,32H,3-4,6-7,12-14,18H2,1-2H3,(H,29,30). The Bertz CT molecular complexity index is 1180. The van der Waals surface area contributed by atoms with Crippen LogP contribution in [0.1, 0.15) is 32.6 Å². The van der Waals surface area contributed by atoms with Gasteiger partial charge in [0, 0.05) is 30.3 Å². The SMILES string of the molecule is COc1cc(-c2cc(-c3cccc4c3OCO4)cc(NCCCN3CCCCC3C)n2)ccc1O. The van der Waals surface area contributed by atoms with Crippen molar-refractivity contribution in [2.75, 3.05) is 38.9 Å². The van der Waals surface area contributed by atoms with Gasteiger partial charge in [0.1, 0.15) is 5.82 Å². The second-order valence-electron chi connectivity index (χ2n) is 9.21. The van der Waals surface area contributed by atoms with Crippen molar-refractivity contribution in [3.8, 4) is 45.4 Å². The first kappa shape index (κ1) is 23.3. The number of likely N-dealkylation sites (tertiary alicyclic amines) is 1. The van der Waals surface area contributed by atoms with Crippen LogP contribution >= 0.6 is 0 Å². The van der Waals surface area contributed by atoms with Crippen LogP contribution in [-0.2, 0) is 0 Å². The molecule has 5 rings (SSSR count). The van der Waals surface area contributed by atoms with Crippen LogP contribution in [0.15, 0.2) is 48.5 Å². The molecule has 1 saturated heterocycles. The second-order valence-corrected chi connectivity index (χ2v) is 9.21. The number of rotatable bonds is 8. The summed E-state index contributed by atoms with van der Waals surface area (Å²) in [4.78, 5) is 7.48. The largest absolute Gasteiger partial charge is 0.504 e. The molecule has 184 valence electrons. The summed E-state index contributed by atoms with van der Waals surface area (Å²) in [7, 11) is 1.55. The third kappa shape index (κ3) is 5.15. The summed E-state index contributed by atoms with van der Waals surface area (Å²) >= 11 is 0. The van der Waals surface area contributed by atoms with Crippen LogP contribution in [0.25, 0.3) is 22.4 Å². The summed E-state index contributed by atoms with van der Waals surface area (Å²) < 4.78 is 16.7. The molecule has 0 saturated carbocycles. The Labute approximate surface area is 206 Å². The lowest BCUT2D eigenvalue weighted by atomic mass is 10.0. The highest BCUT2D eigenvalue weighted by Gasteiger charge is 2.20. The highest BCUT2D eigenvalue weighted by Crippen LogP contribution is 2.42. The molecule has 2 aromatic carbocycles. The number of ether oxygens (including phenoxy) is 3. The molecule has 2 aliphatic heterocycles. The zero-order chi connectivity index (χ0) is 24.2. The molecule has 1 unspecified atom stereocenters. The third-order valence-corrected chi connectivity index (χ3v) is 6.88. The zero-order valence-electron chi connectivity index (χ0n) is 20.4. The van der Waals surface area contributed by atoms with E-state index >= 15 is 0 Å². The molecule has 3 heterocycles. The van der Waals surface area contributed by atoms with Crippen molar-refractivity contribution in [1.29, 1.82) is 0 Å². The molecule has 2 N–H and O–H groups in total. The second kappa shape index (κ2) is 10.4. The monoisotopic (exact) mass is 475 g/mol. The molecule has 0 aliphatic carbocycles. The quantitative estimate of drug-likeness (QED) is 0.415. The number of piperidine rings is 1. The number of nitrogens with one attached hydrogen (secondary N) is 1. The molecule has 1 aromatic heterocycles. The van der Waals surface area contributed by atoms with E-state index in [-0.39, 0.29) is 12.5 Å². The van der Waals surface area contributed by atoms with Crippen LogP contribution in [0.5, 0.6) is 23.0 Å². The van der Waals surface area contributed by atoms with Gasteiger partial charge in [-0.3, -0.25) is 0 Å². The number of methoxy groups -OCH3 is 1. The molecular formula is C28H33N3O4. The van der Waals surface area contributed by atoms with Crippen molar-refractivity contribution in [2.45, 2.75) is 38.6 Å². The molecule has 0 bridgehead atoms. The van der Waals surface area contributed by atoms with Crippen LogP contribution in [0.3, 0.4) is 0 Å². The molecule has 0 spiro atoms. The normalized spacial score (nSPS) is 17.4. The molecular weight excluding hydrogens is 442 g/mol. The number of hydrogen-bond donors (Lipinski definition) is 2. The minimum Gasteiger partial charge on any atom is -0.504 e. The van der Waals surface area contributed by atoms with E-state index < -0.39 is 0 Å². The number of phenols is 1. The van der Waals surface area contributed by atoms with Gasteiger partial charge < -0.3 is 29.5 Å². The summed E-state index contributed by atoms with van der Waals surface area (Å²) in [5, 5.41) is 13.6. The van der Waals surface area contributed by atoms with E-state index in [1.165, 1.54) is 25.8 Å². The van der Waals surface area contributed by atoms with E-state index in [1.807, 2.05) is 30.3 Å². The maximum Gasteiger partial charge on any atom is 0.231 e. The van der Waals surface area contributed by atoms with Crippen molar-refractivity contribution < 1.29 is 19.3 Å². The number of para-hydroxylation sites is 1. The van der Waals surface area contributed by atoms with Gasteiger partial charge in [-0.25, -0.2) is 4.98 Å². The zero-order valence-corrected chi connectivity index (χ0v) is 20.4. The van der Waals surface area contributed by atoms with E-state index in [1.54, 1.807) is 19.2 Å². The Kier molecular flexibility index (Phi) is 6.95. The minimum absolute atomic E-state index is 0.101. The number of aromatic hydroxyl groups is 1. The fourth-order valence-electron chi connectivity index (χ4n) is 4.91. The fraction of sp³-hybridized carbons (Fsp3) is 0.393. The van der Waals surface area contributed by atoms with Crippen LogP contribution < -0.4 is 19.5 Å². The first-order valence-corrected chi connectivity index (χ1v) is 12.4. The molecule has 0 radical (unpaired) electrons. The Morgan fingerprint density at radius 3 is 2.89 bits per heavy atom. The van der Waals surface area contributed by atoms with Gasteiger partial charge in [0.05, 0.1) is 12.8 Å². The van der Waals surface area contributed by atoms with E-state index in [0.717, 1.165) is 59.2 Å². The van der Waals surface area contributed by atoms with Crippen LogP contribution in [-0.4, -0.2) is 54.6 Å². The highest BCUT2D eigenvalue weighted by atomic mass is 16.7. The Hall–Kier alpha value is -3.45. The predicted molar refractivity (Wildman–Crippen MR) is 137 cm³/mol. The van der Waals surface area contributed by atoms with Crippen molar-refractivity contribution in [1.82, 2.24) is 9.88 Å². The van der Waals surface area contributed by atoms with Gasteiger partial charge in [-0.05, 0) is 74.7 Å². The lowest BCUT2D eigenvalue weighted by Crippen LogP contribution is -2.38. The number of hydrogen-bond acceptors (Lipinski definition) is 7. The first-order chi connectivity index (χ1) is 17.1. The summed E-state index contributed by atoms with van der Waals surface area (Å²) in [6.45, 7) is 5.68. The van der Waals surface area contributed by atoms with Crippen molar-refractivity contribution in [2.24, 2.45) is 0 Å². The third-order valence-electron chi connectivity index (χ3n) is 6.88. The van der Waals surface area contributed by atoms with Crippen molar-refractivity contribution in [3.05, 3.63) is 48.5 Å². The van der Waals surface area contributed by atoms with Gasteiger partial charge in [-0.2, -0.15) is 0 Å². The average Bonchev–Trinajstić information content (AvgIpc) is 3.37. The van der Waals surface area contributed by atoms with Crippen LogP contribution in [0.4, 0.5) is 5.82 Å². The van der Waals surface area contributed by atoms with Gasteiger partial charge >= 0.3 is 0 Å². The molecule has 3 aromatic rings. The number of anilines is 1.